The summed E-state index contributed by atoms with van der Waals surface area (Å²) >= 11 is 0. The molecule has 2 N–H and O–H groups in total. The van der Waals surface area contributed by atoms with Crippen LogP contribution in [0.1, 0.15) is 5.56 Å². The molecule has 1 saturated heterocycles. The lowest BCUT2D eigenvalue weighted by Gasteiger charge is -2.14. The normalized spacial score (nSPS) is 15.8. The van der Waals surface area contributed by atoms with Crippen LogP contribution < -0.4 is 24.8 Å². The van der Waals surface area contributed by atoms with E-state index in [0.717, 1.165) is 0 Å². The minimum atomic E-state index is -0.555. The van der Waals surface area contributed by atoms with Crippen LogP contribution in [0.4, 0.5) is 4.79 Å². The summed E-state index contributed by atoms with van der Waals surface area (Å²) in [5.74, 6) is 0.834. The van der Waals surface area contributed by atoms with E-state index in [2.05, 4.69) is 10.6 Å². The van der Waals surface area contributed by atoms with Crippen molar-refractivity contribution < 1.29 is 23.8 Å². The first-order valence-electron chi connectivity index (χ1n) is 5.73. The minimum absolute atomic E-state index is 0.139. The van der Waals surface area contributed by atoms with E-state index in [0.29, 0.717) is 22.8 Å². The third kappa shape index (κ3) is 2.37. The fourth-order valence-electron chi connectivity index (χ4n) is 1.88. The first-order valence-corrected chi connectivity index (χ1v) is 5.73. The van der Waals surface area contributed by atoms with Crippen molar-refractivity contribution in [3.8, 4) is 17.2 Å². The zero-order valence-electron chi connectivity index (χ0n) is 11.3. The van der Waals surface area contributed by atoms with Gasteiger partial charge in [-0.25, -0.2) is 4.79 Å². The summed E-state index contributed by atoms with van der Waals surface area (Å²) in [5, 5.41) is 4.53. The number of amides is 3. The SMILES string of the molecule is COc1ccc(/C=C2/NC(=O)NC2=O)c(OC)c1OC. The van der Waals surface area contributed by atoms with Crippen LogP contribution in [0.5, 0.6) is 17.2 Å². The Hall–Kier alpha value is -2.70. The second kappa shape index (κ2) is 5.52. The van der Waals surface area contributed by atoms with E-state index < -0.39 is 11.9 Å². The molecule has 0 spiro atoms. The lowest BCUT2D eigenvalue weighted by Crippen LogP contribution is -2.22. The highest BCUT2D eigenvalue weighted by Crippen LogP contribution is 2.40. The average molecular weight is 278 g/mol. The summed E-state index contributed by atoms with van der Waals surface area (Å²) in [6.45, 7) is 0. The Labute approximate surface area is 115 Å². The van der Waals surface area contributed by atoms with E-state index in [9.17, 15) is 9.59 Å². The number of rotatable bonds is 4. The van der Waals surface area contributed by atoms with E-state index in [1.54, 1.807) is 12.1 Å². The third-order valence-electron chi connectivity index (χ3n) is 2.75. The highest BCUT2D eigenvalue weighted by molar-refractivity contribution is 6.14. The molecule has 106 valence electrons. The van der Waals surface area contributed by atoms with Crippen LogP contribution in [0.25, 0.3) is 6.08 Å². The zero-order chi connectivity index (χ0) is 14.7. The topological polar surface area (TPSA) is 85.9 Å². The summed E-state index contributed by atoms with van der Waals surface area (Å²) in [7, 11) is 4.48. The van der Waals surface area contributed by atoms with Crippen molar-refractivity contribution >= 4 is 18.0 Å². The Morgan fingerprint density at radius 1 is 0.950 bits per heavy atom. The molecule has 1 aliphatic rings. The van der Waals surface area contributed by atoms with Crippen LogP contribution in [0.2, 0.25) is 0 Å². The van der Waals surface area contributed by atoms with Gasteiger partial charge in [0.1, 0.15) is 5.70 Å². The number of hydrogen-bond donors (Lipinski definition) is 2. The molecule has 7 nitrogen and oxygen atoms in total. The maximum atomic E-state index is 11.5. The fraction of sp³-hybridized carbons (Fsp3) is 0.231. The van der Waals surface area contributed by atoms with Crippen LogP contribution in [0, 0.1) is 0 Å². The van der Waals surface area contributed by atoms with Gasteiger partial charge in [0.05, 0.1) is 21.3 Å². The maximum Gasteiger partial charge on any atom is 0.326 e. The molecule has 1 aliphatic heterocycles. The van der Waals surface area contributed by atoms with Crippen molar-refractivity contribution in [3.05, 3.63) is 23.4 Å². The van der Waals surface area contributed by atoms with Crippen molar-refractivity contribution in [2.24, 2.45) is 0 Å². The van der Waals surface area contributed by atoms with Gasteiger partial charge < -0.3 is 19.5 Å². The van der Waals surface area contributed by atoms with Crippen molar-refractivity contribution in [1.82, 2.24) is 10.6 Å². The number of carbonyl (C=O) groups is 2. The van der Waals surface area contributed by atoms with Crippen LogP contribution in [-0.4, -0.2) is 33.3 Å². The smallest absolute Gasteiger partial charge is 0.326 e. The lowest BCUT2D eigenvalue weighted by molar-refractivity contribution is -0.115. The van der Waals surface area contributed by atoms with E-state index in [-0.39, 0.29) is 5.70 Å². The Kier molecular flexibility index (Phi) is 3.79. The first-order chi connectivity index (χ1) is 9.60. The van der Waals surface area contributed by atoms with E-state index >= 15 is 0 Å². The van der Waals surface area contributed by atoms with Crippen molar-refractivity contribution in [1.29, 1.82) is 0 Å². The van der Waals surface area contributed by atoms with Gasteiger partial charge in [-0.2, -0.15) is 0 Å². The molecule has 3 amide bonds. The number of carbonyl (C=O) groups excluding carboxylic acids is 2. The monoisotopic (exact) mass is 278 g/mol. The van der Waals surface area contributed by atoms with Gasteiger partial charge in [-0.05, 0) is 18.2 Å². The molecule has 0 saturated carbocycles. The second-order valence-electron chi connectivity index (χ2n) is 3.89. The number of hydrogen-bond acceptors (Lipinski definition) is 5. The van der Waals surface area contributed by atoms with Crippen molar-refractivity contribution in [2.45, 2.75) is 0 Å². The molecule has 20 heavy (non-hydrogen) atoms. The number of benzene rings is 1. The van der Waals surface area contributed by atoms with Crippen molar-refractivity contribution in [2.75, 3.05) is 21.3 Å². The van der Waals surface area contributed by atoms with Gasteiger partial charge in [-0.15, -0.1) is 0 Å². The summed E-state index contributed by atoms with van der Waals surface area (Å²) in [6, 6.07) is 2.83. The number of urea groups is 1. The Morgan fingerprint density at radius 2 is 1.65 bits per heavy atom. The number of ether oxygens (including phenoxy) is 3. The predicted molar refractivity (Wildman–Crippen MR) is 70.7 cm³/mol. The summed E-state index contributed by atoms with van der Waals surface area (Å²) in [6.07, 6.45) is 1.50. The molecule has 1 aromatic rings. The molecule has 0 aliphatic carbocycles. The van der Waals surface area contributed by atoms with Crippen molar-refractivity contribution in [3.63, 3.8) is 0 Å². The summed E-state index contributed by atoms with van der Waals surface area (Å²) < 4.78 is 15.7. The van der Waals surface area contributed by atoms with Crippen LogP contribution >= 0.6 is 0 Å². The average Bonchev–Trinajstić information content (AvgIpc) is 2.76. The highest BCUT2D eigenvalue weighted by Gasteiger charge is 2.24. The van der Waals surface area contributed by atoms with E-state index in [4.69, 9.17) is 14.2 Å². The van der Waals surface area contributed by atoms with Gasteiger partial charge in [0.15, 0.2) is 11.5 Å². The molecule has 0 radical (unpaired) electrons. The van der Waals surface area contributed by atoms with Crippen LogP contribution in [0.15, 0.2) is 17.8 Å². The molecular weight excluding hydrogens is 264 g/mol. The van der Waals surface area contributed by atoms with E-state index in [1.807, 2.05) is 0 Å². The largest absolute Gasteiger partial charge is 0.493 e. The molecule has 0 aromatic heterocycles. The minimum Gasteiger partial charge on any atom is -0.493 e. The second-order valence-corrected chi connectivity index (χ2v) is 3.89. The first kappa shape index (κ1) is 13.7. The quantitative estimate of drug-likeness (QED) is 0.631. The molecule has 7 heteroatoms. The molecule has 0 atom stereocenters. The molecule has 1 fully saturated rings. The Bertz CT molecular complexity index is 595. The summed E-state index contributed by atoms with van der Waals surface area (Å²) in [5.41, 5.74) is 0.720. The number of methoxy groups -OCH3 is 3. The number of nitrogens with one attached hydrogen (secondary N) is 2. The third-order valence-corrected chi connectivity index (χ3v) is 2.75. The summed E-state index contributed by atoms with van der Waals surface area (Å²) in [4.78, 5) is 22.6. The van der Waals surface area contributed by atoms with Gasteiger partial charge in [-0.3, -0.25) is 10.1 Å². The highest BCUT2D eigenvalue weighted by atomic mass is 16.5. The molecular formula is C13H14N2O5. The van der Waals surface area contributed by atoms with Gasteiger partial charge in [0.25, 0.3) is 5.91 Å². The standard InChI is InChI=1S/C13H14N2O5/c1-18-9-5-4-7(10(19-2)11(9)20-3)6-8-12(16)15-13(17)14-8/h4-6H,1-3H3,(H2,14,15,16,17)/b8-6+. The van der Waals surface area contributed by atoms with Crippen LogP contribution in [0.3, 0.4) is 0 Å². The van der Waals surface area contributed by atoms with E-state index in [1.165, 1.54) is 27.4 Å². The molecule has 0 bridgehead atoms. The Balaban J connectivity index is 2.50. The molecule has 1 heterocycles. The van der Waals surface area contributed by atoms with Gasteiger partial charge >= 0.3 is 6.03 Å². The fourth-order valence-corrected chi connectivity index (χ4v) is 1.88. The van der Waals surface area contributed by atoms with Crippen LogP contribution in [-0.2, 0) is 4.79 Å². The van der Waals surface area contributed by atoms with Gasteiger partial charge in [0, 0.05) is 5.56 Å². The number of imide groups is 1. The molecule has 2 rings (SSSR count). The molecule has 0 unspecified atom stereocenters. The Morgan fingerprint density at radius 3 is 2.15 bits per heavy atom. The zero-order valence-corrected chi connectivity index (χ0v) is 11.3. The maximum absolute atomic E-state index is 11.5. The predicted octanol–water partition coefficient (Wildman–Crippen LogP) is 0.893. The van der Waals surface area contributed by atoms with Gasteiger partial charge in [-0.1, -0.05) is 0 Å². The molecule has 1 aromatic carbocycles. The lowest BCUT2D eigenvalue weighted by atomic mass is 10.1. The van der Waals surface area contributed by atoms with Gasteiger partial charge in [0.2, 0.25) is 5.75 Å².